The van der Waals surface area contributed by atoms with Gasteiger partial charge in [-0.25, -0.2) is 0 Å². The summed E-state index contributed by atoms with van der Waals surface area (Å²) in [6.45, 7) is 3.65. The van der Waals surface area contributed by atoms with Crippen LogP contribution in [0.4, 0.5) is 0 Å². The smallest absolute Gasteiger partial charge is 0.123 e. The van der Waals surface area contributed by atoms with Crippen molar-refractivity contribution in [2.24, 2.45) is 5.73 Å². The molecule has 0 heterocycles. The molecule has 2 nitrogen and oxygen atoms in total. The van der Waals surface area contributed by atoms with Crippen LogP contribution in [0.2, 0.25) is 5.02 Å². The molecule has 0 bridgehead atoms. The van der Waals surface area contributed by atoms with Crippen molar-refractivity contribution in [3.63, 3.8) is 0 Å². The van der Waals surface area contributed by atoms with Crippen LogP contribution in [-0.4, -0.2) is 7.11 Å². The lowest BCUT2D eigenvalue weighted by molar-refractivity contribution is 0.406. The molecule has 84 valence electrons. The lowest BCUT2D eigenvalue weighted by Crippen LogP contribution is -2.10. The summed E-state index contributed by atoms with van der Waals surface area (Å²) >= 11 is 5.88. The number of ether oxygens (including phenoxy) is 1. The number of hydrogen-bond donors (Lipinski definition) is 1. The van der Waals surface area contributed by atoms with E-state index in [0.717, 1.165) is 11.3 Å². The number of methoxy groups -OCH3 is 1. The van der Waals surface area contributed by atoms with E-state index in [-0.39, 0.29) is 18.4 Å². The van der Waals surface area contributed by atoms with Gasteiger partial charge in [0.2, 0.25) is 0 Å². The Hall–Kier alpha value is -0.700. The molecule has 0 aliphatic rings. The Labute approximate surface area is 101 Å². The Kier molecular flexibility index (Phi) is 6.41. The average Bonchev–Trinajstić information content (AvgIpc) is 2.18. The van der Waals surface area contributed by atoms with E-state index in [0.29, 0.717) is 11.4 Å². The molecule has 0 radical (unpaired) electrons. The van der Waals surface area contributed by atoms with Crippen LogP contribution in [0.25, 0.3) is 0 Å². The van der Waals surface area contributed by atoms with Crippen LogP contribution >= 0.6 is 24.0 Å². The van der Waals surface area contributed by atoms with Crippen molar-refractivity contribution >= 4 is 24.0 Å². The molecule has 4 heteroatoms. The predicted octanol–water partition coefficient (Wildman–Crippen LogP) is 3.35. The van der Waals surface area contributed by atoms with Crippen molar-refractivity contribution in [1.29, 1.82) is 0 Å². The molecule has 15 heavy (non-hydrogen) atoms. The van der Waals surface area contributed by atoms with Gasteiger partial charge in [0, 0.05) is 16.6 Å². The van der Waals surface area contributed by atoms with E-state index in [1.165, 1.54) is 0 Å². The molecule has 0 aliphatic carbocycles. The van der Waals surface area contributed by atoms with Crippen LogP contribution in [0.1, 0.15) is 18.0 Å². The highest BCUT2D eigenvalue weighted by molar-refractivity contribution is 6.30. The van der Waals surface area contributed by atoms with Crippen molar-refractivity contribution < 1.29 is 4.74 Å². The Morgan fingerprint density at radius 2 is 2.27 bits per heavy atom. The summed E-state index contributed by atoms with van der Waals surface area (Å²) in [5, 5.41) is 0.667. The molecular weight excluding hydrogens is 233 g/mol. The molecule has 2 N–H and O–H groups in total. The first-order valence-electron chi connectivity index (χ1n) is 4.39. The van der Waals surface area contributed by atoms with E-state index in [9.17, 15) is 0 Å². The predicted molar refractivity (Wildman–Crippen MR) is 67.0 cm³/mol. The molecule has 0 amide bonds. The van der Waals surface area contributed by atoms with Gasteiger partial charge in [0.15, 0.2) is 0 Å². The SMILES string of the molecule is C=CC[C@@H](N)c1cc(Cl)ccc1OC.Cl. The largest absolute Gasteiger partial charge is 0.496 e. The first-order chi connectivity index (χ1) is 6.69. The number of halogens is 2. The molecule has 0 aliphatic heterocycles. The van der Waals surface area contributed by atoms with E-state index in [1.54, 1.807) is 19.3 Å². The highest BCUT2D eigenvalue weighted by Crippen LogP contribution is 2.28. The summed E-state index contributed by atoms with van der Waals surface area (Å²) in [5.41, 5.74) is 6.86. The van der Waals surface area contributed by atoms with Gasteiger partial charge in [-0.1, -0.05) is 17.7 Å². The van der Waals surface area contributed by atoms with Gasteiger partial charge in [-0.15, -0.1) is 19.0 Å². The normalized spacial score (nSPS) is 11.4. The standard InChI is InChI=1S/C11H14ClNO.ClH/c1-3-4-10(13)9-7-8(12)5-6-11(9)14-2;/h3,5-7,10H,1,4,13H2,2H3;1H/t10-;/m1./s1. The first kappa shape index (κ1) is 14.3. The third-order valence-electron chi connectivity index (χ3n) is 2.01. The van der Waals surface area contributed by atoms with Crippen molar-refractivity contribution in [2.45, 2.75) is 12.5 Å². The highest BCUT2D eigenvalue weighted by atomic mass is 35.5. The third kappa shape index (κ3) is 3.74. The van der Waals surface area contributed by atoms with Gasteiger partial charge in [0.05, 0.1) is 7.11 Å². The minimum absolute atomic E-state index is 0. The van der Waals surface area contributed by atoms with Crippen LogP contribution in [-0.2, 0) is 0 Å². The zero-order valence-corrected chi connectivity index (χ0v) is 10.1. The van der Waals surface area contributed by atoms with E-state index in [1.807, 2.05) is 12.1 Å². The Morgan fingerprint density at radius 3 is 2.80 bits per heavy atom. The fraction of sp³-hybridized carbons (Fsp3) is 0.273. The fourth-order valence-electron chi connectivity index (χ4n) is 1.30. The van der Waals surface area contributed by atoms with E-state index in [2.05, 4.69) is 6.58 Å². The van der Waals surface area contributed by atoms with Gasteiger partial charge < -0.3 is 10.5 Å². The maximum absolute atomic E-state index is 5.94. The van der Waals surface area contributed by atoms with Gasteiger partial charge in [0.25, 0.3) is 0 Å². The van der Waals surface area contributed by atoms with E-state index in [4.69, 9.17) is 22.1 Å². The van der Waals surface area contributed by atoms with Crippen molar-refractivity contribution in [3.05, 3.63) is 41.4 Å². The average molecular weight is 248 g/mol. The van der Waals surface area contributed by atoms with Crippen LogP contribution in [0.5, 0.6) is 5.75 Å². The molecule has 0 fully saturated rings. The van der Waals surface area contributed by atoms with Crippen LogP contribution in [0, 0.1) is 0 Å². The van der Waals surface area contributed by atoms with Gasteiger partial charge in [-0.2, -0.15) is 0 Å². The number of hydrogen-bond acceptors (Lipinski definition) is 2. The summed E-state index contributed by atoms with van der Waals surface area (Å²) in [4.78, 5) is 0. The number of benzene rings is 1. The molecule has 0 saturated carbocycles. The van der Waals surface area contributed by atoms with Gasteiger partial charge in [-0.05, 0) is 24.6 Å². The number of rotatable bonds is 4. The van der Waals surface area contributed by atoms with Gasteiger partial charge >= 0.3 is 0 Å². The maximum Gasteiger partial charge on any atom is 0.123 e. The lowest BCUT2D eigenvalue weighted by atomic mass is 10.0. The summed E-state index contributed by atoms with van der Waals surface area (Å²) in [6.07, 6.45) is 2.49. The fourth-order valence-corrected chi connectivity index (χ4v) is 1.48. The molecule has 0 spiro atoms. The second kappa shape index (κ2) is 6.72. The second-order valence-corrected chi connectivity index (χ2v) is 3.45. The molecule has 1 aromatic rings. The van der Waals surface area contributed by atoms with Crippen LogP contribution in [0.15, 0.2) is 30.9 Å². The quantitative estimate of drug-likeness (QED) is 0.829. The molecular formula is C11H15Cl2NO. The Morgan fingerprint density at radius 1 is 1.60 bits per heavy atom. The maximum atomic E-state index is 5.94. The Balaban J connectivity index is 0.00000196. The van der Waals surface area contributed by atoms with E-state index >= 15 is 0 Å². The third-order valence-corrected chi connectivity index (χ3v) is 2.25. The van der Waals surface area contributed by atoms with Gasteiger partial charge in [-0.3, -0.25) is 0 Å². The molecule has 0 aromatic heterocycles. The topological polar surface area (TPSA) is 35.2 Å². The monoisotopic (exact) mass is 247 g/mol. The molecule has 1 aromatic carbocycles. The molecule has 1 rings (SSSR count). The van der Waals surface area contributed by atoms with E-state index < -0.39 is 0 Å². The zero-order valence-electron chi connectivity index (χ0n) is 8.57. The summed E-state index contributed by atoms with van der Waals surface area (Å²) < 4.78 is 5.19. The van der Waals surface area contributed by atoms with Crippen molar-refractivity contribution in [2.75, 3.05) is 7.11 Å². The molecule has 1 atom stereocenters. The molecule has 0 saturated heterocycles. The second-order valence-electron chi connectivity index (χ2n) is 3.02. The number of nitrogens with two attached hydrogens (primary N) is 1. The summed E-state index contributed by atoms with van der Waals surface area (Å²) in [5.74, 6) is 0.767. The summed E-state index contributed by atoms with van der Waals surface area (Å²) in [7, 11) is 1.62. The first-order valence-corrected chi connectivity index (χ1v) is 4.76. The highest BCUT2D eigenvalue weighted by Gasteiger charge is 2.10. The molecule has 0 unspecified atom stereocenters. The minimum Gasteiger partial charge on any atom is -0.496 e. The zero-order chi connectivity index (χ0) is 10.6. The van der Waals surface area contributed by atoms with Crippen molar-refractivity contribution in [3.8, 4) is 5.75 Å². The minimum atomic E-state index is -0.110. The Bertz CT molecular complexity index is 328. The van der Waals surface area contributed by atoms with Gasteiger partial charge in [0.1, 0.15) is 5.75 Å². The van der Waals surface area contributed by atoms with Crippen molar-refractivity contribution in [1.82, 2.24) is 0 Å². The summed E-state index contributed by atoms with van der Waals surface area (Å²) in [6, 6.07) is 5.32. The lowest BCUT2D eigenvalue weighted by Gasteiger charge is -2.14. The van der Waals surface area contributed by atoms with Crippen LogP contribution < -0.4 is 10.5 Å². The van der Waals surface area contributed by atoms with Crippen LogP contribution in [0.3, 0.4) is 0 Å².